The number of carbonyl (C=O) groups is 1. The van der Waals surface area contributed by atoms with Gasteiger partial charge in [-0.2, -0.15) is 0 Å². The van der Waals surface area contributed by atoms with Crippen LogP contribution >= 0.6 is 0 Å². The number of carboxylic acid groups (broad SMARTS) is 1. The zero-order valence-electron chi connectivity index (χ0n) is 12.4. The van der Waals surface area contributed by atoms with E-state index in [1.165, 1.54) is 12.8 Å². The molecule has 2 aliphatic rings. The molecule has 0 radical (unpaired) electrons. The van der Waals surface area contributed by atoms with E-state index in [2.05, 4.69) is 22.4 Å². The van der Waals surface area contributed by atoms with Crippen molar-refractivity contribution in [1.29, 1.82) is 0 Å². The van der Waals surface area contributed by atoms with Crippen molar-refractivity contribution in [3.8, 4) is 0 Å². The predicted octanol–water partition coefficient (Wildman–Crippen LogP) is 1.46. The van der Waals surface area contributed by atoms with Crippen LogP contribution in [0.15, 0.2) is 0 Å². The summed E-state index contributed by atoms with van der Waals surface area (Å²) in [6, 6.07) is 0. The molecule has 1 saturated heterocycles. The van der Waals surface area contributed by atoms with Gasteiger partial charge in [-0.05, 0) is 42.0 Å². The average Bonchev–Trinajstić information content (AvgIpc) is 3.08. The Hall–Kier alpha value is -1.50. The fourth-order valence-electron chi connectivity index (χ4n) is 3.61. The van der Waals surface area contributed by atoms with Gasteiger partial charge in [0, 0.05) is 19.1 Å². The van der Waals surface area contributed by atoms with Gasteiger partial charge in [-0.25, -0.2) is 4.68 Å². The number of tetrazole rings is 1. The number of hydrogen-bond acceptors (Lipinski definition) is 5. The van der Waals surface area contributed by atoms with E-state index in [9.17, 15) is 9.90 Å². The Bertz CT molecular complexity index is 510. The Labute approximate surface area is 123 Å². The minimum atomic E-state index is -0.801. The van der Waals surface area contributed by atoms with E-state index in [0.717, 1.165) is 12.2 Å². The third-order valence-electron chi connectivity index (χ3n) is 5.11. The Morgan fingerprint density at radius 3 is 2.81 bits per heavy atom. The fraction of sp³-hybridized carbons (Fsp3) is 0.857. The van der Waals surface area contributed by atoms with Crippen molar-refractivity contribution in [1.82, 2.24) is 20.2 Å². The number of nitrogens with zero attached hydrogens (tertiary/aromatic N) is 4. The maximum Gasteiger partial charge on any atom is 0.311 e. The quantitative estimate of drug-likeness (QED) is 0.904. The molecule has 7 nitrogen and oxygen atoms in total. The van der Waals surface area contributed by atoms with Crippen LogP contribution in [-0.2, 0) is 16.1 Å². The van der Waals surface area contributed by atoms with Gasteiger partial charge in [-0.1, -0.05) is 13.3 Å². The van der Waals surface area contributed by atoms with E-state index in [0.29, 0.717) is 44.4 Å². The van der Waals surface area contributed by atoms with Crippen molar-refractivity contribution in [3.05, 3.63) is 5.82 Å². The average molecular weight is 294 g/mol. The van der Waals surface area contributed by atoms with Crippen LogP contribution in [0.25, 0.3) is 0 Å². The number of carboxylic acids is 1. The fourth-order valence-corrected chi connectivity index (χ4v) is 3.61. The maximum atomic E-state index is 11.8. The summed E-state index contributed by atoms with van der Waals surface area (Å²) >= 11 is 0. The summed E-state index contributed by atoms with van der Waals surface area (Å²) in [6.07, 6.45) is 4.50. The van der Waals surface area contributed by atoms with E-state index in [-0.39, 0.29) is 0 Å². The lowest BCUT2D eigenvalue weighted by atomic mass is 9.80. The summed E-state index contributed by atoms with van der Waals surface area (Å²) in [6.45, 7) is 3.54. The predicted molar refractivity (Wildman–Crippen MR) is 73.7 cm³/mol. The molecule has 7 heteroatoms. The number of rotatable bonds is 4. The van der Waals surface area contributed by atoms with E-state index in [4.69, 9.17) is 4.74 Å². The smallest absolute Gasteiger partial charge is 0.311 e. The summed E-state index contributed by atoms with van der Waals surface area (Å²) in [7, 11) is 0. The second kappa shape index (κ2) is 5.71. The summed E-state index contributed by atoms with van der Waals surface area (Å²) in [5.74, 6) is 0.995. The maximum absolute atomic E-state index is 11.8. The minimum Gasteiger partial charge on any atom is -0.481 e. The van der Waals surface area contributed by atoms with Gasteiger partial charge >= 0.3 is 5.97 Å². The molecule has 2 atom stereocenters. The van der Waals surface area contributed by atoms with Crippen molar-refractivity contribution in [3.63, 3.8) is 0 Å². The van der Waals surface area contributed by atoms with Gasteiger partial charge in [0.25, 0.3) is 0 Å². The van der Waals surface area contributed by atoms with E-state index in [1.54, 1.807) is 4.68 Å². The molecular formula is C14H22N4O3. The molecule has 0 amide bonds. The second-order valence-electron chi connectivity index (χ2n) is 6.41. The summed E-state index contributed by atoms with van der Waals surface area (Å²) in [5.41, 5.74) is -0.801. The Balaban J connectivity index is 1.84. The van der Waals surface area contributed by atoms with Gasteiger partial charge in [0.05, 0.1) is 12.0 Å². The monoisotopic (exact) mass is 294 g/mol. The van der Waals surface area contributed by atoms with Crippen LogP contribution in [0.5, 0.6) is 0 Å². The lowest BCUT2D eigenvalue weighted by Gasteiger charge is -2.33. The lowest BCUT2D eigenvalue weighted by Crippen LogP contribution is -2.41. The van der Waals surface area contributed by atoms with Gasteiger partial charge in [-0.15, -0.1) is 5.10 Å². The number of aromatic nitrogens is 4. The highest BCUT2D eigenvalue weighted by Crippen LogP contribution is 2.39. The van der Waals surface area contributed by atoms with E-state index >= 15 is 0 Å². The molecule has 1 aromatic heterocycles. The Morgan fingerprint density at radius 2 is 2.19 bits per heavy atom. The summed E-state index contributed by atoms with van der Waals surface area (Å²) in [4.78, 5) is 11.8. The third kappa shape index (κ3) is 2.66. The van der Waals surface area contributed by atoms with Gasteiger partial charge < -0.3 is 9.84 Å². The largest absolute Gasteiger partial charge is 0.481 e. The van der Waals surface area contributed by atoms with Gasteiger partial charge in [0.1, 0.15) is 0 Å². The molecule has 2 fully saturated rings. The first-order valence-corrected chi connectivity index (χ1v) is 7.70. The first-order valence-electron chi connectivity index (χ1n) is 7.70. The first kappa shape index (κ1) is 14.4. The lowest BCUT2D eigenvalue weighted by molar-refractivity contribution is -0.156. The van der Waals surface area contributed by atoms with E-state index < -0.39 is 11.4 Å². The summed E-state index contributed by atoms with van der Waals surface area (Å²) in [5, 5.41) is 21.7. The molecule has 2 unspecified atom stereocenters. The third-order valence-corrected chi connectivity index (χ3v) is 5.11. The van der Waals surface area contributed by atoms with Gasteiger partial charge in [0.15, 0.2) is 5.82 Å². The van der Waals surface area contributed by atoms with Crippen LogP contribution in [0.3, 0.4) is 0 Å². The molecule has 1 aliphatic heterocycles. The molecular weight excluding hydrogens is 272 g/mol. The minimum absolute atomic E-state index is 0.344. The van der Waals surface area contributed by atoms with Gasteiger partial charge in [0.2, 0.25) is 0 Å². The van der Waals surface area contributed by atoms with Crippen LogP contribution in [0.4, 0.5) is 0 Å². The molecule has 21 heavy (non-hydrogen) atoms. The molecule has 1 aliphatic carbocycles. The van der Waals surface area contributed by atoms with Crippen LogP contribution < -0.4 is 0 Å². The SMILES string of the molecule is CC1CCCC1c1nnnn1CC1(C(=O)O)CCOCC1. The molecule has 0 spiro atoms. The molecule has 2 heterocycles. The molecule has 1 saturated carbocycles. The standard InChI is InChI=1S/C14H22N4O3/c1-10-3-2-4-11(10)12-15-16-17-18(12)9-14(13(19)20)5-7-21-8-6-14/h10-11H,2-9H2,1H3,(H,19,20). The molecule has 3 rings (SSSR count). The Morgan fingerprint density at radius 1 is 1.43 bits per heavy atom. The summed E-state index contributed by atoms with van der Waals surface area (Å²) < 4.78 is 7.05. The zero-order valence-corrected chi connectivity index (χ0v) is 12.4. The molecule has 116 valence electrons. The highest BCUT2D eigenvalue weighted by atomic mass is 16.5. The molecule has 1 aromatic rings. The van der Waals surface area contributed by atoms with Crippen LogP contribution in [-0.4, -0.2) is 44.5 Å². The molecule has 0 bridgehead atoms. The van der Waals surface area contributed by atoms with Crippen molar-refractivity contribution < 1.29 is 14.6 Å². The van der Waals surface area contributed by atoms with Crippen LogP contribution in [0.1, 0.15) is 50.8 Å². The van der Waals surface area contributed by atoms with Crippen LogP contribution in [0.2, 0.25) is 0 Å². The first-order chi connectivity index (χ1) is 10.1. The van der Waals surface area contributed by atoms with Crippen molar-refractivity contribution in [2.24, 2.45) is 11.3 Å². The van der Waals surface area contributed by atoms with Crippen molar-refractivity contribution >= 4 is 5.97 Å². The Kier molecular flexibility index (Phi) is 3.93. The topological polar surface area (TPSA) is 90.1 Å². The van der Waals surface area contributed by atoms with Gasteiger partial charge in [-0.3, -0.25) is 4.79 Å². The number of ether oxygens (including phenoxy) is 1. The number of hydrogen-bond donors (Lipinski definition) is 1. The highest BCUT2D eigenvalue weighted by molar-refractivity contribution is 5.74. The normalized spacial score (nSPS) is 28.6. The second-order valence-corrected chi connectivity index (χ2v) is 6.41. The van der Waals surface area contributed by atoms with Crippen molar-refractivity contribution in [2.75, 3.05) is 13.2 Å². The van der Waals surface area contributed by atoms with Crippen LogP contribution in [0, 0.1) is 11.3 Å². The highest BCUT2D eigenvalue weighted by Gasteiger charge is 2.42. The van der Waals surface area contributed by atoms with Crippen molar-refractivity contribution in [2.45, 2.75) is 51.5 Å². The van der Waals surface area contributed by atoms with E-state index in [1.807, 2.05) is 0 Å². The molecule has 0 aromatic carbocycles. The molecule has 1 N–H and O–H groups in total. The number of aliphatic carboxylic acids is 1. The zero-order chi connectivity index (χ0) is 14.9.